The van der Waals surface area contributed by atoms with E-state index in [4.69, 9.17) is 13.6 Å². The first kappa shape index (κ1) is 32.4. The fourth-order valence-electron chi connectivity index (χ4n) is 5.10. The zero-order valence-electron chi connectivity index (χ0n) is 24.6. The van der Waals surface area contributed by atoms with E-state index in [1.54, 1.807) is 30.3 Å². The maximum Gasteiger partial charge on any atom is 0.343 e. The molecule has 48 heavy (non-hydrogen) atoms. The van der Waals surface area contributed by atoms with Crippen LogP contribution in [-0.2, 0) is 0 Å². The van der Waals surface area contributed by atoms with Crippen LogP contribution in [0.3, 0.4) is 0 Å². The highest BCUT2D eigenvalue weighted by Gasteiger charge is 2.39. The van der Waals surface area contributed by atoms with Gasteiger partial charge < -0.3 is 18.7 Å². The number of hydrogen-bond donors (Lipinski definition) is 1. The molecule has 5 aromatic rings. The van der Waals surface area contributed by atoms with E-state index < -0.39 is 34.9 Å². The molecular formula is C35H18Br2O11. The summed E-state index contributed by atoms with van der Waals surface area (Å²) in [6.45, 7) is 2.55. The van der Waals surface area contributed by atoms with Crippen LogP contribution in [0.1, 0.15) is 109 Å². The number of ether oxygens (including phenoxy) is 1. The standard InChI is InChI=1S/C21H11BrO6.C14H7BrO5/c1-10(23)15-9-13-17(24)16-12(18(25)19(13)27-15)7-8-14(22)20(16)28-21(26)11-5-3-2-4-6-11;1-5(16)9-4-7-11(17)10-6(12(18)14(7)20-9)2-3-8(15)13(10)19/h2-9H,1H3;2-4,19H,1H3. The topological polar surface area (TPSA) is 175 Å². The van der Waals surface area contributed by atoms with Crippen molar-refractivity contribution in [3.8, 4) is 11.5 Å². The average Bonchev–Trinajstić information content (AvgIpc) is 3.73. The van der Waals surface area contributed by atoms with Gasteiger partial charge >= 0.3 is 5.97 Å². The van der Waals surface area contributed by atoms with Gasteiger partial charge in [0, 0.05) is 25.0 Å². The van der Waals surface area contributed by atoms with E-state index in [-0.39, 0.29) is 73.7 Å². The van der Waals surface area contributed by atoms with Crippen LogP contribution in [-0.4, -0.2) is 45.8 Å². The highest BCUT2D eigenvalue weighted by atomic mass is 79.9. The first-order valence-electron chi connectivity index (χ1n) is 13.9. The average molecular weight is 774 g/mol. The predicted molar refractivity (Wildman–Crippen MR) is 173 cm³/mol. The molecule has 0 aliphatic heterocycles. The number of ketones is 6. The van der Waals surface area contributed by atoms with Crippen molar-refractivity contribution < 1.29 is 52.2 Å². The Balaban J connectivity index is 0.000000177. The number of rotatable bonds is 4. The van der Waals surface area contributed by atoms with Gasteiger partial charge in [-0.15, -0.1) is 0 Å². The number of esters is 1. The molecule has 2 aliphatic carbocycles. The molecule has 3 aromatic carbocycles. The highest BCUT2D eigenvalue weighted by Crippen LogP contribution is 2.40. The van der Waals surface area contributed by atoms with Gasteiger partial charge in [-0.25, -0.2) is 4.79 Å². The zero-order valence-corrected chi connectivity index (χ0v) is 27.8. The van der Waals surface area contributed by atoms with E-state index in [1.165, 1.54) is 50.2 Å². The Bertz CT molecular complexity index is 2290. The third-order valence-electron chi connectivity index (χ3n) is 7.45. The number of hydrogen-bond acceptors (Lipinski definition) is 11. The lowest BCUT2D eigenvalue weighted by Gasteiger charge is -2.17. The first-order chi connectivity index (χ1) is 22.8. The van der Waals surface area contributed by atoms with E-state index in [2.05, 4.69) is 31.9 Å². The smallest absolute Gasteiger partial charge is 0.343 e. The van der Waals surface area contributed by atoms with Crippen LogP contribution in [0.5, 0.6) is 11.5 Å². The molecule has 0 radical (unpaired) electrons. The molecule has 13 heteroatoms. The van der Waals surface area contributed by atoms with E-state index in [1.807, 2.05) is 0 Å². The summed E-state index contributed by atoms with van der Waals surface area (Å²) in [6, 6.07) is 16.6. The molecule has 2 aliphatic rings. The maximum absolute atomic E-state index is 13.0. The molecular weight excluding hydrogens is 756 g/mol. The Morgan fingerprint density at radius 3 is 1.62 bits per heavy atom. The van der Waals surface area contributed by atoms with Crippen molar-refractivity contribution in [2.75, 3.05) is 0 Å². The molecule has 0 unspecified atom stereocenters. The number of phenols is 1. The molecule has 11 nitrogen and oxygen atoms in total. The summed E-state index contributed by atoms with van der Waals surface area (Å²) in [5.41, 5.74) is 0.247. The molecule has 1 N–H and O–H groups in total. The van der Waals surface area contributed by atoms with Gasteiger partial charge in [0.15, 0.2) is 40.4 Å². The van der Waals surface area contributed by atoms with Gasteiger partial charge in [0.2, 0.25) is 23.1 Å². The minimum absolute atomic E-state index is 0.00102. The van der Waals surface area contributed by atoms with Gasteiger partial charge in [0.05, 0.1) is 36.8 Å². The maximum atomic E-state index is 13.0. The van der Waals surface area contributed by atoms with Crippen molar-refractivity contribution in [1.29, 1.82) is 0 Å². The Hall–Kier alpha value is -5.53. The van der Waals surface area contributed by atoms with Gasteiger partial charge in [0.25, 0.3) is 0 Å². The molecule has 0 saturated carbocycles. The number of furan rings is 2. The quantitative estimate of drug-likeness (QED) is 0.111. The Labute approximate surface area is 286 Å². The number of aromatic hydroxyl groups is 1. The number of carbonyl (C=O) groups excluding carboxylic acids is 7. The Morgan fingerprint density at radius 1 is 0.625 bits per heavy atom. The zero-order chi connectivity index (χ0) is 34.6. The molecule has 2 aromatic heterocycles. The van der Waals surface area contributed by atoms with E-state index in [0.29, 0.717) is 14.5 Å². The summed E-state index contributed by atoms with van der Waals surface area (Å²) < 4.78 is 16.6. The highest BCUT2D eigenvalue weighted by molar-refractivity contribution is 9.11. The summed E-state index contributed by atoms with van der Waals surface area (Å²) in [5.74, 6) is -4.46. The van der Waals surface area contributed by atoms with Gasteiger partial charge in [-0.05, 0) is 80.4 Å². The number of Topliss-reactive ketones (excluding diaryl/α,β-unsaturated/α-hetero) is 2. The van der Waals surface area contributed by atoms with Crippen LogP contribution in [0.4, 0.5) is 0 Å². The van der Waals surface area contributed by atoms with E-state index in [9.17, 15) is 38.7 Å². The van der Waals surface area contributed by atoms with E-state index in [0.717, 1.165) is 0 Å². The van der Waals surface area contributed by atoms with Crippen LogP contribution in [0.15, 0.2) is 84.5 Å². The molecule has 7 rings (SSSR count). The third kappa shape index (κ3) is 5.36. The van der Waals surface area contributed by atoms with Gasteiger partial charge in [-0.1, -0.05) is 18.2 Å². The first-order valence-corrected chi connectivity index (χ1v) is 15.5. The second-order valence-electron chi connectivity index (χ2n) is 10.5. The number of phenolic OH excluding ortho intramolecular Hbond substituents is 1. The molecule has 2 heterocycles. The number of benzene rings is 3. The van der Waals surface area contributed by atoms with Gasteiger partial charge in [0.1, 0.15) is 5.75 Å². The third-order valence-corrected chi connectivity index (χ3v) is 8.71. The van der Waals surface area contributed by atoms with Crippen molar-refractivity contribution in [1.82, 2.24) is 0 Å². The van der Waals surface area contributed by atoms with Crippen molar-refractivity contribution in [3.05, 3.63) is 138 Å². The van der Waals surface area contributed by atoms with Gasteiger partial charge in [-0.2, -0.15) is 0 Å². The number of halogens is 2. The van der Waals surface area contributed by atoms with Gasteiger partial charge in [-0.3, -0.25) is 28.8 Å². The molecule has 0 fully saturated rings. The molecule has 0 atom stereocenters. The lowest BCUT2D eigenvalue weighted by molar-refractivity contribution is 0.0728. The molecule has 238 valence electrons. The van der Waals surface area contributed by atoms with Crippen LogP contribution in [0.25, 0.3) is 0 Å². The van der Waals surface area contributed by atoms with Crippen molar-refractivity contribution in [2.24, 2.45) is 0 Å². The Kier molecular flexibility index (Phi) is 8.27. The summed E-state index contributed by atoms with van der Waals surface area (Å²) in [7, 11) is 0. The van der Waals surface area contributed by atoms with E-state index >= 15 is 0 Å². The second kappa shape index (κ2) is 12.2. The van der Waals surface area contributed by atoms with Crippen molar-refractivity contribution in [3.63, 3.8) is 0 Å². The predicted octanol–water partition coefficient (Wildman–Crippen LogP) is 6.97. The van der Waals surface area contributed by atoms with Crippen LogP contribution in [0.2, 0.25) is 0 Å². The minimum atomic E-state index is -0.669. The van der Waals surface area contributed by atoms with Crippen LogP contribution < -0.4 is 4.74 Å². The molecule has 0 bridgehead atoms. The normalized spacial score (nSPS) is 12.7. The Morgan fingerprint density at radius 2 is 1.10 bits per heavy atom. The summed E-state index contributed by atoms with van der Waals surface area (Å²) >= 11 is 6.37. The van der Waals surface area contributed by atoms with Crippen LogP contribution >= 0.6 is 31.9 Å². The van der Waals surface area contributed by atoms with Crippen molar-refractivity contribution in [2.45, 2.75) is 13.8 Å². The molecule has 0 amide bonds. The summed E-state index contributed by atoms with van der Waals surface area (Å²) in [6.07, 6.45) is 0. The largest absolute Gasteiger partial charge is 0.506 e. The molecule has 0 saturated heterocycles. The lowest BCUT2D eigenvalue weighted by atomic mass is 9.88. The minimum Gasteiger partial charge on any atom is -0.506 e. The fourth-order valence-corrected chi connectivity index (χ4v) is 5.84. The number of fused-ring (bicyclic) bond motifs is 4. The lowest BCUT2D eigenvalue weighted by Crippen LogP contribution is -2.22. The SMILES string of the molecule is CC(=O)c1cc2c(o1)C(=O)c1ccc(Br)c(O)c1C2=O.CC(=O)c1cc2c(o1)C(=O)c1ccc(Br)c(OC(=O)c3ccccc3)c1C2=O. The summed E-state index contributed by atoms with van der Waals surface area (Å²) in [4.78, 5) is 85.8. The fraction of sp³-hybridized carbons (Fsp3) is 0.0571. The second-order valence-corrected chi connectivity index (χ2v) is 12.2. The van der Waals surface area contributed by atoms with Crippen LogP contribution in [0, 0.1) is 0 Å². The van der Waals surface area contributed by atoms with Crippen molar-refractivity contribution >= 4 is 72.5 Å². The summed E-state index contributed by atoms with van der Waals surface area (Å²) in [5, 5.41) is 9.96. The number of carbonyl (C=O) groups is 7. The monoisotopic (exact) mass is 772 g/mol. The molecule has 0 spiro atoms.